The highest BCUT2D eigenvalue weighted by molar-refractivity contribution is 7.11. The fraction of sp³-hybridized carbons (Fsp3) is 0.474. The normalized spacial score (nSPS) is 15.0. The van der Waals surface area contributed by atoms with Gasteiger partial charge in [-0.25, -0.2) is 9.78 Å². The molecule has 0 radical (unpaired) electrons. The Kier molecular flexibility index (Phi) is 6.45. The average Bonchev–Trinajstić information content (AvgIpc) is 3.28. The van der Waals surface area contributed by atoms with E-state index < -0.39 is 0 Å². The number of hydrogen-bond acceptors (Lipinski definition) is 5. The maximum atomic E-state index is 11.8. The summed E-state index contributed by atoms with van der Waals surface area (Å²) in [4.78, 5) is 18.7. The van der Waals surface area contributed by atoms with Crippen molar-refractivity contribution in [1.29, 1.82) is 0 Å². The van der Waals surface area contributed by atoms with E-state index in [0.29, 0.717) is 17.7 Å². The summed E-state index contributed by atoms with van der Waals surface area (Å²) in [5.74, 6) is -0.336. The van der Waals surface area contributed by atoms with E-state index in [2.05, 4.69) is 16.0 Å². The summed E-state index contributed by atoms with van der Waals surface area (Å²) in [5.41, 5.74) is 2.06. The zero-order valence-electron chi connectivity index (χ0n) is 14.4. The Bertz CT molecular complexity index is 713. The van der Waals surface area contributed by atoms with Crippen LogP contribution in [0.4, 0.5) is 0 Å². The standard InChI is InChI=1S/C19H23ClN2O2S/c1-2-24-19(23)18-21-15(13-25-18)12-22(16-8-4-5-9-16)11-14-7-3-6-10-17(14)20/h3,6-7,10,13,16H,2,4-5,8-9,11-12H2,1H3. The molecule has 1 aliphatic carbocycles. The van der Waals surface area contributed by atoms with Crippen molar-refractivity contribution in [2.24, 2.45) is 0 Å². The second kappa shape index (κ2) is 8.79. The quantitative estimate of drug-likeness (QED) is 0.641. The average molecular weight is 379 g/mol. The van der Waals surface area contributed by atoms with Crippen LogP contribution in [-0.2, 0) is 17.8 Å². The van der Waals surface area contributed by atoms with Gasteiger partial charge in [0.25, 0.3) is 0 Å². The van der Waals surface area contributed by atoms with Gasteiger partial charge >= 0.3 is 5.97 Å². The molecule has 2 aromatic rings. The predicted molar refractivity (Wildman–Crippen MR) is 101 cm³/mol. The van der Waals surface area contributed by atoms with E-state index in [9.17, 15) is 4.79 Å². The fourth-order valence-corrected chi connectivity index (χ4v) is 4.20. The first kappa shape index (κ1) is 18.4. The van der Waals surface area contributed by atoms with Crippen LogP contribution in [0.15, 0.2) is 29.6 Å². The number of rotatable bonds is 7. The molecule has 0 amide bonds. The van der Waals surface area contributed by atoms with Crippen LogP contribution in [0.1, 0.15) is 53.7 Å². The summed E-state index contributed by atoms with van der Waals surface area (Å²) in [6.45, 7) is 3.70. The van der Waals surface area contributed by atoms with Crippen LogP contribution >= 0.6 is 22.9 Å². The van der Waals surface area contributed by atoms with E-state index in [1.54, 1.807) is 6.92 Å². The molecule has 0 unspecified atom stereocenters. The van der Waals surface area contributed by atoms with E-state index in [1.807, 2.05) is 23.6 Å². The van der Waals surface area contributed by atoms with E-state index in [-0.39, 0.29) is 5.97 Å². The van der Waals surface area contributed by atoms with E-state index in [1.165, 1.54) is 37.0 Å². The Labute approximate surface area is 157 Å². The van der Waals surface area contributed by atoms with Crippen LogP contribution in [0.25, 0.3) is 0 Å². The first-order chi connectivity index (χ1) is 12.2. The molecule has 3 rings (SSSR count). The molecule has 0 bridgehead atoms. The Morgan fingerprint density at radius 2 is 2.08 bits per heavy atom. The lowest BCUT2D eigenvalue weighted by Gasteiger charge is -2.28. The molecule has 0 saturated heterocycles. The SMILES string of the molecule is CCOC(=O)c1nc(CN(Cc2ccccc2Cl)C2CCCC2)cs1. The molecule has 0 aliphatic heterocycles. The van der Waals surface area contributed by atoms with E-state index >= 15 is 0 Å². The highest BCUT2D eigenvalue weighted by atomic mass is 35.5. The second-order valence-corrected chi connectivity index (χ2v) is 7.56. The van der Waals surface area contributed by atoms with Crippen molar-refractivity contribution >= 4 is 28.9 Å². The minimum absolute atomic E-state index is 0.336. The van der Waals surface area contributed by atoms with Gasteiger partial charge in [0.05, 0.1) is 12.3 Å². The van der Waals surface area contributed by atoms with E-state index in [4.69, 9.17) is 16.3 Å². The molecular weight excluding hydrogens is 356 g/mol. The van der Waals surface area contributed by atoms with Gasteiger partial charge in [-0.2, -0.15) is 0 Å². The molecule has 1 aromatic carbocycles. The van der Waals surface area contributed by atoms with Gasteiger partial charge in [0.1, 0.15) is 0 Å². The molecule has 6 heteroatoms. The van der Waals surface area contributed by atoms with Crippen molar-refractivity contribution in [1.82, 2.24) is 9.88 Å². The van der Waals surface area contributed by atoms with Gasteiger partial charge in [0.15, 0.2) is 0 Å². The molecule has 1 fully saturated rings. The number of hydrogen-bond donors (Lipinski definition) is 0. The van der Waals surface area contributed by atoms with Crippen LogP contribution < -0.4 is 0 Å². The summed E-state index contributed by atoms with van der Waals surface area (Å²) >= 11 is 7.71. The summed E-state index contributed by atoms with van der Waals surface area (Å²) in [6.07, 6.45) is 4.96. The highest BCUT2D eigenvalue weighted by Crippen LogP contribution is 2.28. The molecule has 1 heterocycles. The molecule has 134 valence electrons. The van der Waals surface area contributed by atoms with E-state index in [0.717, 1.165) is 29.4 Å². The molecule has 1 aromatic heterocycles. The summed E-state index contributed by atoms with van der Waals surface area (Å²) in [5, 5.41) is 3.19. The minimum atomic E-state index is -0.336. The lowest BCUT2D eigenvalue weighted by atomic mass is 10.1. The van der Waals surface area contributed by atoms with Crippen molar-refractivity contribution in [2.45, 2.75) is 51.7 Å². The fourth-order valence-electron chi connectivity index (χ4n) is 3.30. The Hall–Kier alpha value is -1.43. The van der Waals surface area contributed by atoms with Gasteiger partial charge in [0.2, 0.25) is 5.01 Å². The first-order valence-corrected chi connectivity index (χ1v) is 10.0. The third-order valence-corrected chi connectivity index (χ3v) is 5.78. The van der Waals surface area contributed by atoms with Gasteiger partial charge in [0, 0.05) is 29.5 Å². The monoisotopic (exact) mass is 378 g/mol. The zero-order chi connectivity index (χ0) is 17.6. The third kappa shape index (κ3) is 4.81. The number of carbonyl (C=O) groups excluding carboxylic acids is 1. The number of esters is 1. The molecule has 0 spiro atoms. The van der Waals surface area contributed by atoms with Gasteiger partial charge in [-0.15, -0.1) is 11.3 Å². The number of nitrogens with zero attached hydrogens (tertiary/aromatic N) is 2. The smallest absolute Gasteiger partial charge is 0.367 e. The lowest BCUT2D eigenvalue weighted by molar-refractivity contribution is 0.0525. The third-order valence-electron chi connectivity index (χ3n) is 4.54. The molecular formula is C19H23ClN2O2S. The van der Waals surface area contributed by atoms with Gasteiger partial charge in [-0.3, -0.25) is 4.90 Å². The molecule has 0 N–H and O–H groups in total. The maximum absolute atomic E-state index is 11.8. The Morgan fingerprint density at radius 3 is 2.80 bits per heavy atom. The van der Waals surface area contributed by atoms with Crippen LogP contribution in [0.5, 0.6) is 0 Å². The zero-order valence-corrected chi connectivity index (χ0v) is 16.0. The largest absolute Gasteiger partial charge is 0.461 e. The lowest BCUT2D eigenvalue weighted by Crippen LogP contribution is -2.32. The summed E-state index contributed by atoms with van der Waals surface area (Å²) < 4.78 is 5.04. The maximum Gasteiger partial charge on any atom is 0.367 e. The Balaban J connectivity index is 1.74. The minimum Gasteiger partial charge on any atom is -0.461 e. The molecule has 1 aliphatic rings. The summed E-state index contributed by atoms with van der Waals surface area (Å²) in [6, 6.07) is 8.54. The van der Waals surface area contributed by atoms with Crippen LogP contribution in [0, 0.1) is 0 Å². The number of ether oxygens (including phenoxy) is 1. The van der Waals surface area contributed by atoms with Crippen molar-refractivity contribution in [3.8, 4) is 0 Å². The number of benzene rings is 1. The topological polar surface area (TPSA) is 42.4 Å². The predicted octanol–water partition coefficient (Wildman–Crippen LogP) is 4.92. The number of aromatic nitrogens is 1. The molecule has 4 nitrogen and oxygen atoms in total. The molecule has 0 atom stereocenters. The first-order valence-electron chi connectivity index (χ1n) is 8.76. The summed E-state index contributed by atoms with van der Waals surface area (Å²) in [7, 11) is 0. The molecule has 1 saturated carbocycles. The van der Waals surface area contributed by atoms with Crippen molar-refractivity contribution in [2.75, 3.05) is 6.61 Å². The number of carbonyl (C=O) groups is 1. The number of halogens is 1. The van der Waals surface area contributed by atoms with Crippen molar-refractivity contribution < 1.29 is 9.53 Å². The van der Waals surface area contributed by atoms with Crippen molar-refractivity contribution in [3.63, 3.8) is 0 Å². The molecule has 25 heavy (non-hydrogen) atoms. The van der Waals surface area contributed by atoms with Gasteiger partial charge in [-0.1, -0.05) is 42.6 Å². The number of thiazole rings is 1. The van der Waals surface area contributed by atoms with Crippen molar-refractivity contribution in [3.05, 3.63) is 50.9 Å². The van der Waals surface area contributed by atoms with Gasteiger partial charge < -0.3 is 4.74 Å². The highest BCUT2D eigenvalue weighted by Gasteiger charge is 2.24. The van der Waals surface area contributed by atoms with Crippen LogP contribution in [0.3, 0.4) is 0 Å². The second-order valence-electron chi connectivity index (χ2n) is 6.30. The van der Waals surface area contributed by atoms with Crippen LogP contribution in [0.2, 0.25) is 5.02 Å². The van der Waals surface area contributed by atoms with Crippen LogP contribution in [-0.4, -0.2) is 28.5 Å². The Morgan fingerprint density at radius 1 is 1.32 bits per heavy atom. The van der Waals surface area contributed by atoms with Gasteiger partial charge in [-0.05, 0) is 31.4 Å².